The van der Waals surface area contributed by atoms with Crippen LogP contribution in [0, 0.1) is 0 Å². The van der Waals surface area contributed by atoms with Crippen molar-refractivity contribution in [2.45, 2.75) is 31.8 Å². The molecule has 1 fully saturated rings. The van der Waals surface area contributed by atoms with Crippen LogP contribution in [-0.2, 0) is 17.8 Å². The lowest BCUT2D eigenvalue weighted by atomic mass is 10.1. The Bertz CT molecular complexity index is 622. The molecule has 0 aliphatic heterocycles. The van der Waals surface area contributed by atoms with E-state index in [1.165, 1.54) is 5.56 Å². The van der Waals surface area contributed by atoms with Crippen LogP contribution in [0.15, 0.2) is 59.1 Å². The molecule has 0 aromatic heterocycles. The monoisotopic (exact) mass is 343 g/mol. The van der Waals surface area contributed by atoms with Crippen molar-refractivity contribution in [3.05, 3.63) is 70.2 Å². The summed E-state index contributed by atoms with van der Waals surface area (Å²) >= 11 is 3.49. The molecule has 2 nitrogen and oxygen atoms in total. The van der Waals surface area contributed by atoms with E-state index in [0.717, 1.165) is 22.9 Å². The van der Waals surface area contributed by atoms with Gasteiger partial charge in [0, 0.05) is 17.1 Å². The largest absolute Gasteiger partial charge is 0.335 e. The highest BCUT2D eigenvalue weighted by atomic mass is 79.9. The van der Waals surface area contributed by atoms with Gasteiger partial charge in [-0.2, -0.15) is 0 Å². The molecule has 1 saturated carbocycles. The zero-order chi connectivity index (χ0) is 14.7. The van der Waals surface area contributed by atoms with Crippen molar-refractivity contribution in [1.29, 1.82) is 0 Å². The second-order valence-electron chi connectivity index (χ2n) is 5.55. The first kappa shape index (κ1) is 14.3. The number of benzene rings is 2. The van der Waals surface area contributed by atoms with E-state index in [-0.39, 0.29) is 5.91 Å². The quantitative estimate of drug-likeness (QED) is 0.797. The predicted octanol–water partition coefficient (Wildman–Crippen LogP) is 4.18. The summed E-state index contributed by atoms with van der Waals surface area (Å²) in [6.45, 7) is 0.704. The first-order valence-electron chi connectivity index (χ1n) is 7.30. The zero-order valence-corrected chi connectivity index (χ0v) is 13.4. The minimum absolute atomic E-state index is 0.226. The first-order chi connectivity index (χ1) is 10.2. The Balaban J connectivity index is 1.71. The molecule has 0 spiro atoms. The summed E-state index contributed by atoms with van der Waals surface area (Å²) < 4.78 is 1.06. The fraction of sp³-hybridized carbons (Fsp3) is 0.278. The van der Waals surface area contributed by atoms with Crippen LogP contribution in [0.25, 0.3) is 0 Å². The lowest BCUT2D eigenvalue weighted by Crippen LogP contribution is -2.33. The van der Waals surface area contributed by atoms with Gasteiger partial charge in [-0.1, -0.05) is 58.4 Å². The van der Waals surface area contributed by atoms with Crippen molar-refractivity contribution in [2.24, 2.45) is 0 Å². The third-order valence-electron chi connectivity index (χ3n) is 3.75. The smallest absolute Gasteiger partial charge is 0.227 e. The van der Waals surface area contributed by atoms with Crippen LogP contribution >= 0.6 is 15.9 Å². The van der Waals surface area contributed by atoms with Crippen molar-refractivity contribution < 1.29 is 4.79 Å². The lowest BCUT2D eigenvalue weighted by molar-refractivity contribution is -0.131. The Morgan fingerprint density at radius 1 is 1.05 bits per heavy atom. The summed E-state index contributed by atoms with van der Waals surface area (Å²) in [5.41, 5.74) is 2.26. The van der Waals surface area contributed by atoms with Gasteiger partial charge in [0.2, 0.25) is 5.91 Å². The van der Waals surface area contributed by atoms with Crippen LogP contribution in [0.1, 0.15) is 24.0 Å². The van der Waals surface area contributed by atoms with Gasteiger partial charge in [-0.25, -0.2) is 0 Å². The second-order valence-corrected chi connectivity index (χ2v) is 6.46. The molecule has 0 radical (unpaired) electrons. The SMILES string of the molecule is O=C(Cc1ccccc1)N(Cc1cccc(Br)c1)C1CC1. The van der Waals surface area contributed by atoms with Crippen molar-refractivity contribution >= 4 is 21.8 Å². The molecular formula is C18H18BrNO. The van der Waals surface area contributed by atoms with Gasteiger partial charge in [0.1, 0.15) is 0 Å². The van der Waals surface area contributed by atoms with Crippen LogP contribution in [0.3, 0.4) is 0 Å². The fourth-order valence-electron chi connectivity index (χ4n) is 2.51. The van der Waals surface area contributed by atoms with Crippen LogP contribution in [-0.4, -0.2) is 16.8 Å². The summed E-state index contributed by atoms with van der Waals surface area (Å²) in [5, 5.41) is 0. The van der Waals surface area contributed by atoms with Crippen molar-refractivity contribution in [2.75, 3.05) is 0 Å². The Hall–Kier alpha value is -1.61. The third-order valence-corrected chi connectivity index (χ3v) is 4.24. The molecule has 0 saturated heterocycles. The van der Waals surface area contributed by atoms with Gasteiger partial charge in [-0.05, 0) is 36.1 Å². The van der Waals surface area contributed by atoms with Crippen LogP contribution in [0.4, 0.5) is 0 Å². The van der Waals surface area contributed by atoms with Gasteiger partial charge in [-0.3, -0.25) is 4.79 Å². The maximum atomic E-state index is 12.6. The molecule has 0 bridgehead atoms. The fourth-order valence-corrected chi connectivity index (χ4v) is 2.96. The zero-order valence-electron chi connectivity index (χ0n) is 11.8. The lowest BCUT2D eigenvalue weighted by Gasteiger charge is -2.23. The molecule has 0 atom stereocenters. The van der Waals surface area contributed by atoms with Crippen LogP contribution in [0.5, 0.6) is 0 Å². The summed E-state index contributed by atoms with van der Waals surface area (Å²) in [5.74, 6) is 0.226. The number of carbonyl (C=O) groups is 1. The molecule has 21 heavy (non-hydrogen) atoms. The van der Waals surface area contributed by atoms with Crippen molar-refractivity contribution in [3.63, 3.8) is 0 Å². The van der Waals surface area contributed by atoms with Crippen molar-refractivity contribution in [3.8, 4) is 0 Å². The molecule has 1 aliphatic carbocycles. The summed E-state index contributed by atoms with van der Waals surface area (Å²) in [6.07, 6.45) is 2.76. The van der Waals surface area contributed by atoms with Crippen molar-refractivity contribution in [1.82, 2.24) is 4.90 Å². The number of carbonyl (C=O) groups excluding carboxylic acids is 1. The maximum absolute atomic E-state index is 12.6. The van der Waals surface area contributed by atoms with Gasteiger partial charge >= 0.3 is 0 Å². The number of amides is 1. The molecule has 3 rings (SSSR count). The Morgan fingerprint density at radius 2 is 1.76 bits per heavy atom. The van der Waals surface area contributed by atoms with E-state index < -0.39 is 0 Å². The molecule has 108 valence electrons. The van der Waals surface area contributed by atoms with Crippen LogP contribution < -0.4 is 0 Å². The minimum atomic E-state index is 0.226. The summed E-state index contributed by atoms with van der Waals surface area (Å²) in [4.78, 5) is 14.6. The molecular weight excluding hydrogens is 326 g/mol. The van der Waals surface area contributed by atoms with E-state index in [1.54, 1.807) is 0 Å². The summed E-state index contributed by atoms with van der Waals surface area (Å²) in [7, 11) is 0. The minimum Gasteiger partial charge on any atom is -0.335 e. The Kier molecular flexibility index (Phi) is 4.39. The number of rotatable bonds is 5. The number of halogens is 1. The van der Waals surface area contributed by atoms with E-state index in [9.17, 15) is 4.79 Å². The first-order valence-corrected chi connectivity index (χ1v) is 8.09. The second kappa shape index (κ2) is 6.44. The van der Waals surface area contributed by atoms with Gasteiger partial charge < -0.3 is 4.90 Å². The number of nitrogens with zero attached hydrogens (tertiary/aromatic N) is 1. The van der Waals surface area contributed by atoms with Crippen LogP contribution in [0.2, 0.25) is 0 Å². The third kappa shape index (κ3) is 3.94. The predicted molar refractivity (Wildman–Crippen MR) is 87.9 cm³/mol. The Morgan fingerprint density at radius 3 is 2.43 bits per heavy atom. The molecule has 0 heterocycles. The van der Waals surface area contributed by atoms with E-state index in [2.05, 4.69) is 28.1 Å². The standard InChI is InChI=1S/C18H18BrNO/c19-16-8-4-7-15(11-16)13-20(17-9-10-17)18(21)12-14-5-2-1-3-6-14/h1-8,11,17H,9-10,12-13H2. The van der Waals surface area contributed by atoms with E-state index in [0.29, 0.717) is 19.0 Å². The maximum Gasteiger partial charge on any atom is 0.227 e. The molecule has 2 aromatic carbocycles. The number of hydrogen-bond donors (Lipinski definition) is 0. The van der Waals surface area contributed by atoms with E-state index >= 15 is 0 Å². The average molecular weight is 344 g/mol. The van der Waals surface area contributed by atoms with Gasteiger partial charge in [-0.15, -0.1) is 0 Å². The van der Waals surface area contributed by atoms with Gasteiger partial charge in [0.25, 0.3) is 0 Å². The molecule has 2 aromatic rings. The molecule has 1 amide bonds. The van der Waals surface area contributed by atoms with E-state index in [4.69, 9.17) is 0 Å². The molecule has 0 N–H and O–H groups in total. The normalized spacial score (nSPS) is 14.0. The topological polar surface area (TPSA) is 20.3 Å². The van der Waals surface area contributed by atoms with Gasteiger partial charge in [0.05, 0.1) is 6.42 Å². The highest BCUT2D eigenvalue weighted by Gasteiger charge is 2.32. The number of hydrogen-bond acceptors (Lipinski definition) is 1. The Labute approximate surface area is 133 Å². The highest BCUT2D eigenvalue weighted by molar-refractivity contribution is 9.10. The molecule has 0 unspecified atom stereocenters. The van der Waals surface area contributed by atoms with Gasteiger partial charge in [0.15, 0.2) is 0 Å². The molecule has 3 heteroatoms. The van der Waals surface area contributed by atoms with E-state index in [1.807, 2.05) is 47.4 Å². The summed E-state index contributed by atoms with van der Waals surface area (Å²) in [6, 6.07) is 18.6. The molecule has 1 aliphatic rings. The highest BCUT2D eigenvalue weighted by Crippen LogP contribution is 2.29. The average Bonchev–Trinajstić information content (AvgIpc) is 3.30.